The number of thioether (sulfide) groups is 1. The first-order valence-corrected chi connectivity index (χ1v) is 14.0. The second-order valence-electron chi connectivity index (χ2n) is 9.61. The lowest BCUT2D eigenvalue weighted by molar-refractivity contribution is -0.766. The lowest BCUT2D eigenvalue weighted by Gasteiger charge is -2.41. The molecule has 1 fully saturated rings. The van der Waals surface area contributed by atoms with Gasteiger partial charge in [0.05, 0.1) is 12.0 Å². The molecule has 0 radical (unpaired) electrons. The minimum absolute atomic E-state index is 0.00666. The van der Waals surface area contributed by atoms with E-state index in [1.54, 1.807) is 30.0 Å². The van der Waals surface area contributed by atoms with Gasteiger partial charge in [-0.3, -0.25) is 4.79 Å². The van der Waals surface area contributed by atoms with Crippen LogP contribution in [-0.2, 0) is 0 Å². The minimum Gasteiger partial charge on any atom is -0.363 e. The van der Waals surface area contributed by atoms with Crippen LogP contribution in [0.4, 0.5) is 10.1 Å². The first-order valence-electron chi connectivity index (χ1n) is 12.9. The van der Waals surface area contributed by atoms with Gasteiger partial charge in [-0.15, -0.1) is 11.8 Å². The molecule has 0 saturated carbocycles. The Hall–Kier alpha value is -4.20. The molecule has 1 atom stereocenters. The highest BCUT2D eigenvalue weighted by molar-refractivity contribution is 7.99. The van der Waals surface area contributed by atoms with Crippen LogP contribution >= 0.6 is 11.8 Å². The smallest absolute Gasteiger partial charge is 0.358 e. The largest absolute Gasteiger partial charge is 0.363 e. The molecule has 3 aromatic carbocycles. The van der Waals surface area contributed by atoms with Crippen molar-refractivity contribution in [1.82, 2.24) is 5.32 Å². The van der Waals surface area contributed by atoms with Crippen LogP contribution in [0, 0.1) is 5.82 Å². The highest BCUT2D eigenvalue weighted by atomic mass is 32.2. The van der Waals surface area contributed by atoms with Crippen LogP contribution in [-0.4, -0.2) is 34.3 Å². The number of rotatable bonds is 4. The summed E-state index contributed by atoms with van der Waals surface area (Å²) in [5, 5.41) is 6.05. The topological polar surface area (TPSA) is 58.2 Å². The molecular weight excluding hydrogens is 509 g/mol. The maximum absolute atomic E-state index is 15.7. The van der Waals surface area contributed by atoms with Gasteiger partial charge in [0.2, 0.25) is 0 Å². The molecule has 1 aliphatic carbocycles. The van der Waals surface area contributed by atoms with Crippen molar-refractivity contribution in [3.05, 3.63) is 137 Å². The summed E-state index contributed by atoms with van der Waals surface area (Å²) in [6, 6.07) is 21.3. The van der Waals surface area contributed by atoms with Gasteiger partial charge in [-0.25, -0.2) is 9.18 Å². The molecule has 0 aromatic heterocycles. The van der Waals surface area contributed by atoms with E-state index in [1.807, 2.05) is 67.0 Å². The maximum Gasteiger partial charge on any atom is 0.358 e. The average Bonchev–Trinajstić information content (AvgIpc) is 3.15. The molecule has 0 spiro atoms. The molecule has 2 N–H and O–H groups in total. The number of amides is 2. The molecule has 194 valence electrons. The highest BCUT2D eigenvalue weighted by Crippen LogP contribution is 2.42. The molecule has 3 aliphatic rings. The number of allylic oxidation sites excluding steroid dienone is 4. The van der Waals surface area contributed by atoms with E-state index in [0.29, 0.717) is 30.0 Å². The summed E-state index contributed by atoms with van der Waals surface area (Å²) >= 11 is 1.77. The summed E-state index contributed by atoms with van der Waals surface area (Å²) in [6.07, 6.45) is 10.5. The van der Waals surface area contributed by atoms with E-state index in [2.05, 4.69) is 16.7 Å². The van der Waals surface area contributed by atoms with E-state index in [4.69, 9.17) is 0 Å². The quantitative estimate of drug-likeness (QED) is 0.368. The number of quaternary nitrogens is 1. The second-order valence-corrected chi connectivity index (χ2v) is 10.7. The van der Waals surface area contributed by atoms with Crippen LogP contribution in [0.2, 0.25) is 0 Å². The first kappa shape index (κ1) is 25.1. The van der Waals surface area contributed by atoms with Gasteiger partial charge in [0.15, 0.2) is 5.70 Å². The maximum atomic E-state index is 15.7. The summed E-state index contributed by atoms with van der Waals surface area (Å²) in [7, 11) is 0. The highest BCUT2D eigenvalue weighted by Gasteiger charge is 2.50. The number of nitrogens with zero attached hydrogens (tertiary/aromatic N) is 1. The zero-order valence-electron chi connectivity index (χ0n) is 21.2. The Labute approximate surface area is 231 Å². The van der Waals surface area contributed by atoms with Crippen molar-refractivity contribution in [2.75, 3.05) is 23.4 Å². The van der Waals surface area contributed by atoms with E-state index >= 15 is 4.39 Å². The van der Waals surface area contributed by atoms with E-state index in [0.717, 1.165) is 33.8 Å². The van der Waals surface area contributed by atoms with Gasteiger partial charge >= 0.3 is 5.91 Å². The van der Waals surface area contributed by atoms with Crippen LogP contribution in [0.3, 0.4) is 0 Å². The zero-order chi connectivity index (χ0) is 26.8. The fraction of sp³-hybridized carbons (Fsp3) is 0.125. The minimum atomic E-state index is -0.658. The van der Waals surface area contributed by atoms with Gasteiger partial charge in [0.25, 0.3) is 5.91 Å². The lowest BCUT2D eigenvalue weighted by atomic mass is 9.98. The Bertz CT molecular complexity index is 1590. The Kier molecular flexibility index (Phi) is 6.77. The van der Waals surface area contributed by atoms with E-state index in [-0.39, 0.29) is 21.9 Å². The van der Waals surface area contributed by atoms with Gasteiger partial charge in [-0.1, -0.05) is 60.7 Å². The fourth-order valence-corrected chi connectivity index (χ4v) is 6.49. The number of hydrogen-bond donors (Lipinski definition) is 2. The van der Waals surface area contributed by atoms with Gasteiger partial charge < -0.3 is 10.6 Å². The van der Waals surface area contributed by atoms with Crippen molar-refractivity contribution >= 4 is 29.3 Å². The number of fused-ring (bicyclic) bond motifs is 3. The molecule has 3 aromatic rings. The summed E-state index contributed by atoms with van der Waals surface area (Å²) in [4.78, 5) is 27.4. The fourth-order valence-electron chi connectivity index (χ4n) is 5.43. The first-order chi connectivity index (χ1) is 19.1. The molecule has 5 nitrogen and oxygen atoms in total. The molecule has 0 bridgehead atoms. The third-order valence-electron chi connectivity index (χ3n) is 7.35. The van der Waals surface area contributed by atoms with Gasteiger partial charge in [-0.05, 0) is 41.8 Å². The van der Waals surface area contributed by atoms with E-state index < -0.39 is 5.82 Å². The number of carbonyl (C=O) groups excluding carboxylic acids is 2. The number of anilines is 1. The number of carbonyl (C=O) groups is 2. The molecule has 6 rings (SSSR count). The third kappa shape index (κ3) is 4.54. The number of benzene rings is 3. The molecule has 1 saturated heterocycles. The van der Waals surface area contributed by atoms with Crippen molar-refractivity contribution in [1.29, 1.82) is 0 Å². The van der Waals surface area contributed by atoms with Crippen molar-refractivity contribution in [2.45, 2.75) is 6.42 Å². The average molecular weight is 537 g/mol. The summed E-state index contributed by atoms with van der Waals surface area (Å²) in [5.41, 5.74) is 5.29. The van der Waals surface area contributed by atoms with Gasteiger partial charge in [0, 0.05) is 34.9 Å². The molecule has 2 heterocycles. The van der Waals surface area contributed by atoms with Crippen LogP contribution in [0.15, 0.2) is 120 Å². The zero-order valence-corrected chi connectivity index (χ0v) is 22.0. The van der Waals surface area contributed by atoms with Crippen LogP contribution in [0.1, 0.15) is 27.1 Å². The Balaban J connectivity index is 1.31. The van der Waals surface area contributed by atoms with Crippen LogP contribution < -0.4 is 10.6 Å². The van der Waals surface area contributed by atoms with E-state index in [1.165, 1.54) is 12.1 Å². The monoisotopic (exact) mass is 536 g/mol. The number of nitrogens with one attached hydrogen (secondary N) is 2. The number of halogens is 1. The molecule has 2 amide bonds. The molecule has 2 aliphatic heterocycles. The molecule has 39 heavy (non-hydrogen) atoms. The second kappa shape index (κ2) is 10.5. The molecule has 1 unspecified atom stereocenters. The van der Waals surface area contributed by atoms with Crippen molar-refractivity contribution in [3.8, 4) is 11.1 Å². The van der Waals surface area contributed by atoms with Crippen molar-refractivity contribution in [2.24, 2.45) is 0 Å². The summed E-state index contributed by atoms with van der Waals surface area (Å²) < 4.78 is 15.6. The van der Waals surface area contributed by atoms with Crippen LogP contribution in [0.25, 0.3) is 11.1 Å². The van der Waals surface area contributed by atoms with E-state index in [9.17, 15) is 9.59 Å². The Morgan fingerprint density at radius 1 is 0.949 bits per heavy atom. The van der Waals surface area contributed by atoms with Gasteiger partial charge in [0.1, 0.15) is 23.6 Å². The van der Waals surface area contributed by atoms with Gasteiger partial charge in [-0.2, -0.15) is 4.48 Å². The van der Waals surface area contributed by atoms with Crippen molar-refractivity contribution < 1.29 is 18.5 Å². The van der Waals surface area contributed by atoms with Crippen LogP contribution in [0.5, 0.6) is 0 Å². The predicted molar refractivity (Wildman–Crippen MR) is 154 cm³/mol. The van der Waals surface area contributed by atoms with Crippen molar-refractivity contribution in [3.63, 3.8) is 0 Å². The standard InChI is InChI=1S/C32H26FN3O2S/c33-29-18-24(35-31(37)27-12-6-5-11-26(27)22-8-2-1-3-9-22)14-15-28(29)32(38)36-16-17-39-21-25(36)20-34-19-23-10-4-7-13-30(23)36/h1-9,11-15,18-20,34H,10,16-17,21H2/p+1. The Morgan fingerprint density at radius 3 is 2.62 bits per heavy atom. The third-order valence-corrected chi connectivity index (χ3v) is 8.32. The SMILES string of the molecule is O=C(Nc1ccc(C(=O)[N+]23CCSCC2=CNC=C2CC=CC=C23)c(F)c1)c1ccccc1-c1ccccc1. The molecular formula is C32H27FN3O2S+. The Morgan fingerprint density at radius 2 is 1.77 bits per heavy atom. The summed E-state index contributed by atoms with van der Waals surface area (Å²) in [5.74, 6) is 0.155. The normalized spacial score (nSPS) is 19.8. The number of hydrogen-bond acceptors (Lipinski definition) is 4. The molecule has 7 heteroatoms. The lowest BCUT2D eigenvalue weighted by Crippen LogP contribution is -2.55. The predicted octanol–water partition coefficient (Wildman–Crippen LogP) is 6.62. The summed E-state index contributed by atoms with van der Waals surface area (Å²) in [6.45, 7) is 0.544.